The first-order chi connectivity index (χ1) is 10.7. The summed E-state index contributed by atoms with van der Waals surface area (Å²) in [7, 11) is 0. The molecule has 23 heavy (non-hydrogen) atoms. The second-order valence-electron chi connectivity index (χ2n) is 5.86. The standard InChI is InChI=1S/C17H22O6/c1-5-17(3,4)16(21)23-9-8-22-15(20)13-10-11(2)6-7-12(13)14(18)19/h6-7,10H,5,8-9H2,1-4H3,(H,18,19). The molecule has 1 aromatic carbocycles. The molecule has 0 aliphatic carbocycles. The van der Waals surface area contributed by atoms with Crippen LogP contribution in [0, 0.1) is 12.3 Å². The zero-order valence-electron chi connectivity index (χ0n) is 13.8. The quantitative estimate of drug-likeness (QED) is 0.613. The normalized spacial score (nSPS) is 11.0. The van der Waals surface area contributed by atoms with E-state index in [0.717, 1.165) is 5.56 Å². The Bertz CT molecular complexity index is 603. The number of aryl methyl sites for hydroxylation is 1. The van der Waals surface area contributed by atoms with Crippen molar-refractivity contribution in [3.8, 4) is 0 Å². The highest BCUT2D eigenvalue weighted by Gasteiger charge is 2.27. The monoisotopic (exact) mass is 322 g/mol. The number of hydrogen-bond donors (Lipinski definition) is 1. The molecule has 0 spiro atoms. The van der Waals surface area contributed by atoms with Gasteiger partial charge in [-0.25, -0.2) is 9.59 Å². The van der Waals surface area contributed by atoms with Crippen LogP contribution in [-0.4, -0.2) is 36.2 Å². The molecule has 6 heteroatoms. The summed E-state index contributed by atoms with van der Waals surface area (Å²) in [6.07, 6.45) is 0.636. The first-order valence-corrected chi connectivity index (χ1v) is 7.37. The van der Waals surface area contributed by atoms with Crippen molar-refractivity contribution in [2.75, 3.05) is 13.2 Å². The van der Waals surface area contributed by atoms with Crippen LogP contribution < -0.4 is 0 Å². The summed E-state index contributed by atoms with van der Waals surface area (Å²) in [5.41, 5.74) is 0.0253. The molecule has 0 bridgehead atoms. The van der Waals surface area contributed by atoms with Crippen molar-refractivity contribution in [1.82, 2.24) is 0 Å². The van der Waals surface area contributed by atoms with Crippen LogP contribution in [0.5, 0.6) is 0 Å². The zero-order valence-corrected chi connectivity index (χ0v) is 13.8. The lowest BCUT2D eigenvalue weighted by Gasteiger charge is -2.20. The van der Waals surface area contributed by atoms with Gasteiger partial charge in [0.2, 0.25) is 0 Å². The van der Waals surface area contributed by atoms with E-state index in [4.69, 9.17) is 14.6 Å². The maximum Gasteiger partial charge on any atom is 0.339 e. The van der Waals surface area contributed by atoms with Gasteiger partial charge in [-0.2, -0.15) is 0 Å². The van der Waals surface area contributed by atoms with Crippen molar-refractivity contribution in [1.29, 1.82) is 0 Å². The maximum atomic E-state index is 12.0. The van der Waals surface area contributed by atoms with Crippen molar-refractivity contribution in [3.05, 3.63) is 34.9 Å². The Morgan fingerprint density at radius 1 is 1.09 bits per heavy atom. The largest absolute Gasteiger partial charge is 0.478 e. The van der Waals surface area contributed by atoms with E-state index in [2.05, 4.69) is 0 Å². The summed E-state index contributed by atoms with van der Waals surface area (Å²) in [6, 6.07) is 4.42. The molecule has 6 nitrogen and oxygen atoms in total. The van der Waals surface area contributed by atoms with Crippen LogP contribution in [0.2, 0.25) is 0 Å². The fraction of sp³-hybridized carbons (Fsp3) is 0.471. The Kier molecular flexibility index (Phi) is 6.30. The highest BCUT2D eigenvalue weighted by molar-refractivity contribution is 6.02. The van der Waals surface area contributed by atoms with Gasteiger partial charge in [-0.05, 0) is 39.3 Å². The van der Waals surface area contributed by atoms with Crippen LogP contribution in [0.3, 0.4) is 0 Å². The Balaban J connectivity index is 2.60. The van der Waals surface area contributed by atoms with Gasteiger partial charge in [0.15, 0.2) is 0 Å². The van der Waals surface area contributed by atoms with Gasteiger partial charge < -0.3 is 14.6 Å². The molecular formula is C17H22O6. The second-order valence-corrected chi connectivity index (χ2v) is 5.86. The number of carbonyl (C=O) groups excluding carboxylic acids is 2. The van der Waals surface area contributed by atoms with Gasteiger partial charge in [-0.1, -0.05) is 18.6 Å². The van der Waals surface area contributed by atoms with E-state index in [0.29, 0.717) is 6.42 Å². The average Bonchev–Trinajstić information content (AvgIpc) is 2.50. The smallest absolute Gasteiger partial charge is 0.339 e. The lowest BCUT2D eigenvalue weighted by atomic mass is 9.91. The Morgan fingerprint density at radius 2 is 1.70 bits per heavy atom. The molecule has 0 aliphatic rings. The van der Waals surface area contributed by atoms with Gasteiger partial charge in [0, 0.05) is 0 Å². The second kappa shape index (κ2) is 7.76. The number of esters is 2. The lowest BCUT2D eigenvalue weighted by Crippen LogP contribution is -2.27. The molecule has 0 saturated carbocycles. The van der Waals surface area contributed by atoms with Crippen molar-refractivity contribution >= 4 is 17.9 Å². The molecule has 0 amide bonds. The molecule has 1 N–H and O–H groups in total. The highest BCUT2D eigenvalue weighted by atomic mass is 16.6. The molecule has 0 aromatic heterocycles. The van der Waals surface area contributed by atoms with Gasteiger partial charge in [-0.15, -0.1) is 0 Å². The first-order valence-electron chi connectivity index (χ1n) is 7.37. The highest BCUT2D eigenvalue weighted by Crippen LogP contribution is 2.21. The molecule has 126 valence electrons. The molecule has 1 rings (SSSR count). The molecule has 0 atom stereocenters. The number of carboxylic acid groups (broad SMARTS) is 1. The minimum Gasteiger partial charge on any atom is -0.478 e. The van der Waals surface area contributed by atoms with Crippen LogP contribution in [0.25, 0.3) is 0 Å². The number of hydrogen-bond acceptors (Lipinski definition) is 5. The Hall–Kier alpha value is -2.37. The SMILES string of the molecule is CCC(C)(C)C(=O)OCCOC(=O)c1cc(C)ccc1C(=O)O. The third kappa shape index (κ3) is 5.09. The predicted octanol–water partition coefficient (Wildman–Crippen LogP) is 2.83. The van der Waals surface area contributed by atoms with E-state index in [1.54, 1.807) is 26.8 Å². The molecule has 0 radical (unpaired) electrons. The van der Waals surface area contributed by atoms with E-state index in [1.807, 2.05) is 6.92 Å². The summed E-state index contributed by atoms with van der Waals surface area (Å²) in [5, 5.41) is 9.09. The summed E-state index contributed by atoms with van der Waals surface area (Å²) in [4.78, 5) is 34.9. The minimum atomic E-state index is -1.20. The lowest BCUT2D eigenvalue weighted by molar-refractivity contribution is -0.155. The van der Waals surface area contributed by atoms with Crippen LogP contribution in [0.4, 0.5) is 0 Å². The van der Waals surface area contributed by atoms with E-state index < -0.39 is 17.4 Å². The van der Waals surface area contributed by atoms with Crippen molar-refractivity contribution in [2.24, 2.45) is 5.41 Å². The summed E-state index contributed by atoms with van der Waals surface area (Å²) < 4.78 is 10.0. The van der Waals surface area contributed by atoms with Crippen LogP contribution >= 0.6 is 0 Å². The Labute approximate surface area is 135 Å². The maximum absolute atomic E-state index is 12.0. The number of benzene rings is 1. The number of carbonyl (C=O) groups is 3. The van der Waals surface area contributed by atoms with Crippen molar-refractivity contribution in [3.63, 3.8) is 0 Å². The molecular weight excluding hydrogens is 300 g/mol. The van der Waals surface area contributed by atoms with Gasteiger partial charge in [0.25, 0.3) is 0 Å². The van der Waals surface area contributed by atoms with Gasteiger partial charge >= 0.3 is 17.9 Å². The molecule has 0 heterocycles. The number of rotatable bonds is 7. The van der Waals surface area contributed by atoms with E-state index >= 15 is 0 Å². The average molecular weight is 322 g/mol. The molecule has 0 fully saturated rings. The van der Waals surface area contributed by atoms with Crippen molar-refractivity contribution in [2.45, 2.75) is 34.1 Å². The fourth-order valence-electron chi connectivity index (χ4n) is 1.70. The van der Waals surface area contributed by atoms with Gasteiger partial charge in [0.1, 0.15) is 13.2 Å². The van der Waals surface area contributed by atoms with Crippen LogP contribution in [0.15, 0.2) is 18.2 Å². The van der Waals surface area contributed by atoms with E-state index in [-0.39, 0.29) is 30.3 Å². The number of carboxylic acids is 1. The zero-order chi connectivity index (χ0) is 17.6. The van der Waals surface area contributed by atoms with E-state index in [1.165, 1.54) is 12.1 Å². The topological polar surface area (TPSA) is 89.9 Å². The summed E-state index contributed by atoms with van der Waals surface area (Å²) in [5.74, 6) is -2.32. The molecule has 1 aromatic rings. The van der Waals surface area contributed by atoms with Crippen LogP contribution in [-0.2, 0) is 14.3 Å². The predicted molar refractivity (Wildman–Crippen MR) is 83.5 cm³/mol. The minimum absolute atomic E-state index is 0.0160. The summed E-state index contributed by atoms with van der Waals surface area (Å²) in [6.45, 7) is 6.98. The number of ether oxygens (including phenoxy) is 2. The molecule has 0 unspecified atom stereocenters. The van der Waals surface area contributed by atoms with E-state index in [9.17, 15) is 14.4 Å². The van der Waals surface area contributed by atoms with Gasteiger partial charge in [-0.3, -0.25) is 4.79 Å². The number of aromatic carboxylic acids is 1. The third-order valence-corrected chi connectivity index (χ3v) is 3.61. The van der Waals surface area contributed by atoms with Crippen LogP contribution in [0.1, 0.15) is 53.5 Å². The van der Waals surface area contributed by atoms with Crippen molar-refractivity contribution < 1.29 is 29.0 Å². The third-order valence-electron chi connectivity index (χ3n) is 3.61. The Morgan fingerprint density at radius 3 is 2.26 bits per heavy atom. The molecule has 0 saturated heterocycles. The fourth-order valence-corrected chi connectivity index (χ4v) is 1.70. The summed E-state index contributed by atoms with van der Waals surface area (Å²) >= 11 is 0. The molecule has 0 aliphatic heterocycles. The first kappa shape index (κ1) is 18.7. The van der Waals surface area contributed by atoms with Gasteiger partial charge in [0.05, 0.1) is 16.5 Å².